The van der Waals surface area contributed by atoms with E-state index in [0.717, 1.165) is 6.29 Å². The number of aryl methyl sites for hydroxylation is 1. The number of pyridine rings is 1. The van der Waals surface area contributed by atoms with Crippen molar-refractivity contribution >= 4 is 18.0 Å². The van der Waals surface area contributed by atoms with Crippen molar-refractivity contribution in [3.8, 4) is 0 Å². The van der Waals surface area contributed by atoms with Crippen LogP contribution in [-0.2, 0) is 4.79 Å². The maximum atomic E-state index is 11.1. The average Bonchev–Trinajstić information content (AvgIpc) is 2.16. The van der Waals surface area contributed by atoms with Gasteiger partial charge >= 0.3 is 0 Å². The molecule has 1 amide bonds. The quantitative estimate of drug-likeness (QED) is 0.739. The highest BCUT2D eigenvalue weighted by atomic mass is 16.1. The summed E-state index contributed by atoms with van der Waals surface area (Å²) in [5.41, 5.74) is 1.23. The van der Waals surface area contributed by atoms with Gasteiger partial charge in [-0.25, -0.2) is 4.98 Å². The molecule has 0 aromatic carbocycles. The van der Waals surface area contributed by atoms with Gasteiger partial charge in [0.15, 0.2) is 0 Å². The number of hydrogen-bond donors (Lipinski definition) is 1. The van der Waals surface area contributed by atoms with Crippen LogP contribution in [0.5, 0.6) is 0 Å². The third-order valence-corrected chi connectivity index (χ3v) is 1.70. The lowest BCUT2D eigenvalue weighted by Gasteiger charge is -2.04. The number of nitrogens with one attached hydrogen (secondary N) is 1. The van der Waals surface area contributed by atoms with E-state index in [2.05, 4.69) is 10.3 Å². The van der Waals surface area contributed by atoms with E-state index in [9.17, 15) is 9.59 Å². The van der Waals surface area contributed by atoms with Gasteiger partial charge in [0.05, 0.1) is 0 Å². The van der Waals surface area contributed by atoms with Crippen LogP contribution in [0.25, 0.3) is 0 Å². The third kappa shape index (κ3) is 2.65. The van der Waals surface area contributed by atoms with E-state index in [1.807, 2.05) is 0 Å². The minimum absolute atomic E-state index is 0.111. The molecular weight excluding hydrogens is 180 g/mol. The number of nitrogens with zero attached hydrogens (tertiary/aromatic N) is 1. The second-order valence-electron chi connectivity index (χ2n) is 2.95. The maximum Gasteiger partial charge on any atom is 0.225 e. The molecule has 0 unspecified atom stereocenters. The minimum atomic E-state index is -0.111. The highest BCUT2D eigenvalue weighted by Gasteiger charge is 2.02. The summed E-state index contributed by atoms with van der Waals surface area (Å²) in [5, 5.41) is 2.60. The van der Waals surface area contributed by atoms with Gasteiger partial charge in [-0.15, -0.1) is 0 Å². The fourth-order valence-corrected chi connectivity index (χ4v) is 1.06. The van der Waals surface area contributed by atoms with Crippen molar-refractivity contribution in [1.29, 1.82) is 0 Å². The summed E-state index contributed by atoms with van der Waals surface area (Å²) in [6, 6.07) is 3.21. The topological polar surface area (TPSA) is 59.1 Å². The molecule has 0 saturated heterocycles. The molecule has 0 aliphatic rings. The second-order valence-corrected chi connectivity index (χ2v) is 2.95. The zero-order chi connectivity index (χ0) is 10.6. The number of hydrogen-bond acceptors (Lipinski definition) is 3. The van der Waals surface area contributed by atoms with E-state index in [1.165, 1.54) is 0 Å². The van der Waals surface area contributed by atoms with Crippen LogP contribution in [0.2, 0.25) is 0 Å². The molecule has 0 aliphatic heterocycles. The number of carbonyl (C=O) groups excluding carboxylic acids is 2. The van der Waals surface area contributed by atoms with E-state index in [1.54, 1.807) is 26.0 Å². The fraction of sp³-hybridized carbons (Fsp3) is 0.300. The van der Waals surface area contributed by atoms with Crippen LogP contribution in [0, 0.1) is 6.92 Å². The van der Waals surface area contributed by atoms with Crippen molar-refractivity contribution in [2.24, 2.45) is 0 Å². The number of anilines is 1. The van der Waals surface area contributed by atoms with Gasteiger partial charge in [0.2, 0.25) is 5.91 Å². The zero-order valence-electron chi connectivity index (χ0n) is 8.20. The number of aromatic nitrogens is 1. The Balaban J connectivity index is 2.91. The maximum absolute atomic E-state index is 11.1. The molecule has 0 atom stereocenters. The Kier molecular flexibility index (Phi) is 3.34. The molecule has 0 aliphatic carbocycles. The molecular formula is C10H12N2O2. The molecule has 1 heterocycles. The molecule has 1 N–H and O–H groups in total. The summed E-state index contributed by atoms with van der Waals surface area (Å²) in [6.07, 6.45) is 1.13. The first-order chi connectivity index (χ1) is 6.65. The van der Waals surface area contributed by atoms with Gasteiger partial charge in [0.25, 0.3) is 0 Å². The highest BCUT2D eigenvalue weighted by Crippen LogP contribution is 2.08. The molecule has 1 rings (SSSR count). The van der Waals surface area contributed by atoms with E-state index >= 15 is 0 Å². The highest BCUT2D eigenvalue weighted by molar-refractivity contribution is 5.90. The molecule has 0 saturated carbocycles. The molecule has 1 aromatic rings. The number of rotatable bonds is 3. The summed E-state index contributed by atoms with van der Waals surface area (Å²) in [6.45, 7) is 3.53. The van der Waals surface area contributed by atoms with Gasteiger partial charge in [-0.05, 0) is 19.1 Å². The van der Waals surface area contributed by atoms with Crippen LogP contribution in [0.4, 0.5) is 5.82 Å². The molecule has 4 nitrogen and oxygen atoms in total. The third-order valence-electron chi connectivity index (χ3n) is 1.70. The lowest BCUT2D eigenvalue weighted by molar-refractivity contribution is -0.115. The molecule has 74 valence electrons. The predicted octanol–water partition coefficient (Wildman–Crippen LogP) is 1.55. The molecule has 0 bridgehead atoms. The number of carbonyl (C=O) groups is 2. The summed E-state index contributed by atoms with van der Waals surface area (Å²) in [7, 11) is 0. The van der Waals surface area contributed by atoms with Crippen LogP contribution in [-0.4, -0.2) is 17.2 Å². The number of aldehydes is 1. The Morgan fingerprint density at radius 3 is 2.86 bits per heavy atom. The summed E-state index contributed by atoms with van der Waals surface area (Å²) < 4.78 is 0. The van der Waals surface area contributed by atoms with Gasteiger partial charge in [0, 0.05) is 17.7 Å². The van der Waals surface area contributed by atoms with Crippen LogP contribution < -0.4 is 5.32 Å². The minimum Gasteiger partial charge on any atom is -0.311 e. The molecule has 4 heteroatoms. The summed E-state index contributed by atoms with van der Waals surface area (Å²) in [5.74, 6) is 0.318. The second kappa shape index (κ2) is 4.50. The lowest BCUT2D eigenvalue weighted by Crippen LogP contribution is -2.11. The number of amides is 1. The van der Waals surface area contributed by atoms with Crippen LogP contribution in [0.15, 0.2) is 12.1 Å². The van der Waals surface area contributed by atoms with Crippen LogP contribution in [0.3, 0.4) is 0 Å². The van der Waals surface area contributed by atoms with Crippen molar-refractivity contribution < 1.29 is 9.59 Å². The molecule has 0 radical (unpaired) electrons. The standard InChI is InChI=1S/C10H12N2O2/c1-3-10(14)12-9-5-8(6-13)4-7(2)11-9/h4-6H,3H2,1-2H3,(H,11,12,14). The first kappa shape index (κ1) is 10.4. The Morgan fingerprint density at radius 2 is 2.29 bits per heavy atom. The summed E-state index contributed by atoms with van der Waals surface area (Å²) >= 11 is 0. The van der Waals surface area contributed by atoms with E-state index in [-0.39, 0.29) is 5.91 Å². The lowest BCUT2D eigenvalue weighted by atomic mass is 10.2. The van der Waals surface area contributed by atoms with Crippen LogP contribution >= 0.6 is 0 Å². The Morgan fingerprint density at radius 1 is 1.57 bits per heavy atom. The van der Waals surface area contributed by atoms with Gasteiger partial charge in [0.1, 0.15) is 12.1 Å². The summed E-state index contributed by atoms with van der Waals surface area (Å²) in [4.78, 5) is 25.7. The molecule has 14 heavy (non-hydrogen) atoms. The van der Waals surface area contributed by atoms with Crippen molar-refractivity contribution in [3.63, 3.8) is 0 Å². The monoisotopic (exact) mass is 192 g/mol. The van der Waals surface area contributed by atoms with E-state index in [4.69, 9.17) is 0 Å². The van der Waals surface area contributed by atoms with E-state index in [0.29, 0.717) is 23.5 Å². The molecule has 1 aromatic heterocycles. The van der Waals surface area contributed by atoms with Gasteiger partial charge in [-0.1, -0.05) is 6.92 Å². The van der Waals surface area contributed by atoms with E-state index < -0.39 is 0 Å². The Hall–Kier alpha value is -1.71. The van der Waals surface area contributed by atoms with Gasteiger partial charge in [-0.2, -0.15) is 0 Å². The zero-order valence-corrected chi connectivity index (χ0v) is 8.20. The first-order valence-electron chi connectivity index (χ1n) is 4.39. The van der Waals surface area contributed by atoms with Crippen molar-refractivity contribution in [2.75, 3.05) is 5.32 Å². The van der Waals surface area contributed by atoms with Crippen LogP contribution in [0.1, 0.15) is 29.4 Å². The van der Waals surface area contributed by atoms with Gasteiger partial charge in [-0.3, -0.25) is 9.59 Å². The van der Waals surface area contributed by atoms with Crippen molar-refractivity contribution in [2.45, 2.75) is 20.3 Å². The SMILES string of the molecule is CCC(=O)Nc1cc(C=O)cc(C)n1. The fourth-order valence-electron chi connectivity index (χ4n) is 1.06. The molecule has 0 fully saturated rings. The smallest absolute Gasteiger partial charge is 0.225 e. The Bertz CT molecular complexity index is 361. The Labute approximate surface area is 82.3 Å². The van der Waals surface area contributed by atoms with Gasteiger partial charge < -0.3 is 5.32 Å². The van der Waals surface area contributed by atoms with Crippen molar-refractivity contribution in [3.05, 3.63) is 23.4 Å². The largest absolute Gasteiger partial charge is 0.311 e. The predicted molar refractivity (Wildman–Crippen MR) is 53.3 cm³/mol. The van der Waals surface area contributed by atoms with Crippen molar-refractivity contribution in [1.82, 2.24) is 4.98 Å². The normalized spacial score (nSPS) is 9.57. The molecule has 0 spiro atoms. The first-order valence-corrected chi connectivity index (χ1v) is 4.39. The average molecular weight is 192 g/mol.